The number of hydrogen-bond acceptors (Lipinski definition) is 3. The van der Waals surface area contributed by atoms with Crippen LogP contribution in [0.4, 0.5) is 10.2 Å². The maximum absolute atomic E-state index is 14.1. The molecule has 1 aliphatic rings. The number of amides is 1. The second-order valence-electron chi connectivity index (χ2n) is 6.37. The Balaban J connectivity index is 2.18. The molecule has 0 bridgehead atoms. The van der Waals surface area contributed by atoms with E-state index in [4.69, 9.17) is 0 Å². The molecule has 0 aliphatic carbocycles. The smallest absolute Gasteiger partial charge is 0.257 e. The first-order chi connectivity index (χ1) is 9.34. The normalized spacial score (nSPS) is 19.2. The van der Waals surface area contributed by atoms with Gasteiger partial charge < -0.3 is 10.2 Å². The lowest BCUT2D eigenvalue weighted by Crippen LogP contribution is -2.31. The zero-order valence-corrected chi connectivity index (χ0v) is 12.5. The summed E-state index contributed by atoms with van der Waals surface area (Å²) in [7, 11) is 1.59. The molecule has 2 rings (SSSR count). The minimum absolute atomic E-state index is 0.0962. The summed E-state index contributed by atoms with van der Waals surface area (Å²) in [6, 6.07) is 1.45. The van der Waals surface area contributed by atoms with Crippen LogP contribution in [0.25, 0.3) is 0 Å². The Morgan fingerprint density at radius 1 is 1.50 bits per heavy atom. The largest absolute Gasteiger partial charge is 0.371 e. The molecular weight excluding hydrogens is 257 g/mol. The van der Waals surface area contributed by atoms with Crippen LogP contribution in [-0.4, -0.2) is 35.9 Å². The van der Waals surface area contributed by atoms with Gasteiger partial charge in [-0.2, -0.15) is 0 Å². The number of pyridine rings is 1. The van der Waals surface area contributed by atoms with Gasteiger partial charge in [0, 0.05) is 26.3 Å². The summed E-state index contributed by atoms with van der Waals surface area (Å²) in [5.41, 5.74) is 0.265. The highest BCUT2D eigenvalue weighted by Gasteiger charge is 2.35. The molecule has 0 spiro atoms. The first-order valence-corrected chi connectivity index (χ1v) is 6.96. The first-order valence-electron chi connectivity index (χ1n) is 6.96. The predicted octanol–water partition coefficient (Wildman–Crippen LogP) is 2.77. The molecule has 1 aromatic rings. The third-order valence-corrected chi connectivity index (χ3v) is 4.06. The summed E-state index contributed by atoms with van der Waals surface area (Å²) >= 11 is 0. The number of carbonyl (C=O) groups excluding carboxylic acids is 1. The van der Waals surface area contributed by atoms with E-state index in [1.54, 1.807) is 11.9 Å². The minimum atomic E-state index is -0.570. The van der Waals surface area contributed by atoms with Crippen molar-refractivity contribution < 1.29 is 9.18 Å². The highest BCUT2D eigenvalue weighted by molar-refractivity contribution is 5.95. The Bertz CT molecular complexity index is 510. The Kier molecular flexibility index (Phi) is 3.97. The lowest BCUT2D eigenvalue weighted by molar-refractivity contribution is 0.0772. The molecular formula is C15H22FN3O. The van der Waals surface area contributed by atoms with E-state index < -0.39 is 5.82 Å². The molecule has 0 aromatic carbocycles. The lowest BCUT2D eigenvalue weighted by Gasteiger charge is -2.27. The van der Waals surface area contributed by atoms with Gasteiger partial charge in [0.1, 0.15) is 0 Å². The van der Waals surface area contributed by atoms with Crippen molar-refractivity contribution in [1.29, 1.82) is 0 Å². The van der Waals surface area contributed by atoms with E-state index in [0.717, 1.165) is 6.42 Å². The molecule has 1 atom stereocenters. The number of hydrogen-bond donors (Lipinski definition) is 1. The van der Waals surface area contributed by atoms with Gasteiger partial charge >= 0.3 is 0 Å². The molecule has 20 heavy (non-hydrogen) atoms. The van der Waals surface area contributed by atoms with Crippen molar-refractivity contribution in [2.45, 2.75) is 27.2 Å². The van der Waals surface area contributed by atoms with Crippen LogP contribution in [-0.2, 0) is 0 Å². The number of anilines is 1. The van der Waals surface area contributed by atoms with Gasteiger partial charge in [-0.05, 0) is 23.8 Å². The van der Waals surface area contributed by atoms with Gasteiger partial charge in [0.15, 0.2) is 11.6 Å². The van der Waals surface area contributed by atoms with Crippen molar-refractivity contribution in [2.75, 3.05) is 25.5 Å². The second-order valence-corrected chi connectivity index (χ2v) is 6.37. The van der Waals surface area contributed by atoms with E-state index in [1.165, 1.54) is 12.3 Å². The summed E-state index contributed by atoms with van der Waals surface area (Å²) in [4.78, 5) is 18.0. The topological polar surface area (TPSA) is 45.2 Å². The summed E-state index contributed by atoms with van der Waals surface area (Å²) in [5, 5.41) is 2.66. The van der Waals surface area contributed by atoms with Gasteiger partial charge in [-0.25, -0.2) is 9.37 Å². The van der Waals surface area contributed by atoms with Crippen LogP contribution in [0.15, 0.2) is 12.3 Å². The number of nitrogens with one attached hydrogen (secondary N) is 1. The molecule has 1 unspecified atom stereocenters. The summed E-state index contributed by atoms with van der Waals surface area (Å²) in [5.74, 6) is -0.241. The molecule has 1 N–H and O–H groups in total. The Hall–Kier alpha value is -1.65. The van der Waals surface area contributed by atoms with Crippen molar-refractivity contribution >= 4 is 11.7 Å². The zero-order valence-electron chi connectivity index (χ0n) is 12.5. The van der Waals surface area contributed by atoms with Crippen LogP contribution < -0.4 is 5.32 Å². The summed E-state index contributed by atoms with van der Waals surface area (Å²) < 4.78 is 14.1. The summed E-state index contributed by atoms with van der Waals surface area (Å²) in [6.07, 6.45) is 2.43. The Labute approximate surface area is 119 Å². The quantitative estimate of drug-likeness (QED) is 0.905. The summed E-state index contributed by atoms with van der Waals surface area (Å²) in [6.45, 7) is 7.92. The third-order valence-electron chi connectivity index (χ3n) is 4.06. The maximum Gasteiger partial charge on any atom is 0.257 e. The zero-order chi connectivity index (χ0) is 14.9. The molecule has 1 aliphatic heterocycles. The number of halogens is 1. The van der Waals surface area contributed by atoms with Gasteiger partial charge in [-0.3, -0.25) is 4.79 Å². The molecule has 1 amide bonds. The average molecular weight is 279 g/mol. The van der Waals surface area contributed by atoms with Crippen LogP contribution >= 0.6 is 0 Å². The second kappa shape index (κ2) is 5.38. The third kappa shape index (κ3) is 2.76. The maximum atomic E-state index is 14.1. The fourth-order valence-electron chi connectivity index (χ4n) is 2.61. The number of nitrogens with zero attached hydrogens (tertiary/aromatic N) is 2. The van der Waals surface area contributed by atoms with Crippen molar-refractivity contribution in [3.63, 3.8) is 0 Å². The lowest BCUT2D eigenvalue weighted by atomic mass is 9.80. The molecule has 4 nitrogen and oxygen atoms in total. The number of aromatic nitrogens is 1. The van der Waals surface area contributed by atoms with Crippen LogP contribution in [0.1, 0.15) is 37.6 Å². The predicted molar refractivity (Wildman–Crippen MR) is 77.2 cm³/mol. The average Bonchev–Trinajstić information content (AvgIpc) is 2.87. The number of rotatable bonds is 2. The molecule has 0 saturated carbocycles. The number of carbonyl (C=O) groups is 1. The van der Waals surface area contributed by atoms with E-state index in [0.29, 0.717) is 19.0 Å². The van der Waals surface area contributed by atoms with Crippen molar-refractivity contribution in [1.82, 2.24) is 9.88 Å². The van der Waals surface area contributed by atoms with E-state index in [-0.39, 0.29) is 22.7 Å². The fraction of sp³-hybridized carbons (Fsp3) is 0.600. The molecule has 1 saturated heterocycles. The standard InChI is InChI=1S/C15H22FN3O/c1-15(2,3)10-6-8-19(9-10)14(20)11-5-7-18-13(17-4)12(11)16/h5,7,10H,6,8-9H2,1-4H3,(H,17,18). The Morgan fingerprint density at radius 3 is 2.75 bits per heavy atom. The van der Waals surface area contributed by atoms with Gasteiger partial charge in [-0.1, -0.05) is 20.8 Å². The Morgan fingerprint density at radius 2 is 2.20 bits per heavy atom. The molecule has 1 fully saturated rings. The van der Waals surface area contributed by atoms with Crippen LogP contribution in [0.3, 0.4) is 0 Å². The van der Waals surface area contributed by atoms with Crippen LogP contribution in [0.2, 0.25) is 0 Å². The van der Waals surface area contributed by atoms with E-state index in [1.807, 2.05) is 0 Å². The van der Waals surface area contributed by atoms with Gasteiger partial charge in [0.2, 0.25) is 0 Å². The molecule has 2 heterocycles. The SMILES string of the molecule is CNc1nccc(C(=O)N2CCC(C(C)(C)C)C2)c1F. The van der Waals surface area contributed by atoms with E-state index in [2.05, 4.69) is 31.1 Å². The fourth-order valence-corrected chi connectivity index (χ4v) is 2.61. The molecule has 5 heteroatoms. The number of likely N-dealkylation sites (tertiary alicyclic amines) is 1. The highest BCUT2D eigenvalue weighted by Crippen LogP contribution is 2.34. The molecule has 110 valence electrons. The van der Waals surface area contributed by atoms with Crippen LogP contribution in [0, 0.1) is 17.2 Å². The van der Waals surface area contributed by atoms with Gasteiger partial charge in [0.05, 0.1) is 5.56 Å². The van der Waals surface area contributed by atoms with Crippen molar-refractivity contribution in [3.05, 3.63) is 23.6 Å². The van der Waals surface area contributed by atoms with E-state index in [9.17, 15) is 9.18 Å². The molecule has 0 radical (unpaired) electrons. The van der Waals surface area contributed by atoms with E-state index >= 15 is 0 Å². The van der Waals surface area contributed by atoms with Gasteiger partial charge in [-0.15, -0.1) is 0 Å². The monoisotopic (exact) mass is 279 g/mol. The minimum Gasteiger partial charge on any atom is -0.371 e. The van der Waals surface area contributed by atoms with Crippen LogP contribution in [0.5, 0.6) is 0 Å². The molecule has 1 aromatic heterocycles. The van der Waals surface area contributed by atoms with Gasteiger partial charge in [0.25, 0.3) is 5.91 Å². The van der Waals surface area contributed by atoms with Crippen molar-refractivity contribution in [3.8, 4) is 0 Å². The van der Waals surface area contributed by atoms with Crippen molar-refractivity contribution in [2.24, 2.45) is 11.3 Å². The highest BCUT2D eigenvalue weighted by atomic mass is 19.1. The first kappa shape index (κ1) is 14.8.